The SMILES string of the molecule is CC(C)(C)N(C[C@]1(c2nc(C(=O)NCc3ccc(F)cc3)c(O)c(=O)[nH]2)CC[C@@H](CO)C1)C(=O)O. The second-order valence-corrected chi connectivity index (χ2v) is 10.0. The number of nitrogens with zero attached hydrogens (tertiary/aromatic N) is 2. The number of benzene rings is 1. The lowest BCUT2D eigenvalue weighted by atomic mass is 9.82. The van der Waals surface area contributed by atoms with Gasteiger partial charge in [-0.2, -0.15) is 0 Å². The summed E-state index contributed by atoms with van der Waals surface area (Å²) in [6.45, 7) is 5.11. The molecule has 1 aliphatic carbocycles. The molecule has 1 saturated carbocycles. The number of amides is 2. The van der Waals surface area contributed by atoms with Gasteiger partial charge in [-0.25, -0.2) is 14.2 Å². The van der Waals surface area contributed by atoms with Crippen molar-refractivity contribution in [3.8, 4) is 5.75 Å². The van der Waals surface area contributed by atoms with Crippen LogP contribution in [0.1, 0.15) is 61.9 Å². The maximum Gasteiger partial charge on any atom is 0.407 e. The fourth-order valence-corrected chi connectivity index (χ4v) is 4.47. The zero-order chi connectivity index (χ0) is 26.0. The zero-order valence-corrected chi connectivity index (χ0v) is 20.0. The third kappa shape index (κ3) is 5.79. The summed E-state index contributed by atoms with van der Waals surface area (Å²) in [5.74, 6) is -2.15. The maximum atomic E-state index is 13.1. The molecule has 1 aromatic heterocycles. The van der Waals surface area contributed by atoms with E-state index in [0.717, 1.165) is 0 Å². The predicted molar refractivity (Wildman–Crippen MR) is 125 cm³/mol. The van der Waals surface area contributed by atoms with Crippen molar-refractivity contribution in [2.24, 2.45) is 5.92 Å². The molecule has 2 atom stereocenters. The normalized spacial score (nSPS) is 20.0. The summed E-state index contributed by atoms with van der Waals surface area (Å²) in [5.41, 5.74) is -2.55. The van der Waals surface area contributed by atoms with Crippen molar-refractivity contribution in [1.82, 2.24) is 20.2 Å². The largest absolute Gasteiger partial charge is 0.501 e. The number of rotatable bonds is 7. The molecule has 1 aliphatic rings. The van der Waals surface area contributed by atoms with E-state index < -0.39 is 45.8 Å². The van der Waals surface area contributed by atoms with Crippen LogP contribution >= 0.6 is 0 Å². The van der Waals surface area contributed by atoms with E-state index in [9.17, 15) is 34.1 Å². The number of hydrogen-bond donors (Lipinski definition) is 5. The average Bonchev–Trinajstić information content (AvgIpc) is 3.22. The van der Waals surface area contributed by atoms with E-state index in [1.165, 1.54) is 29.2 Å². The lowest BCUT2D eigenvalue weighted by molar-refractivity contribution is 0.0788. The minimum absolute atomic E-state index is 0.0108. The van der Waals surface area contributed by atoms with Crippen molar-refractivity contribution in [1.29, 1.82) is 0 Å². The third-order valence-electron chi connectivity index (χ3n) is 6.45. The van der Waals surface area contributed by atoms with E-state index in [1.807, 2.05) is 0 Å². The van der Waals surface area contributed by atoms with E-state index in [-0.39, 0.29) is 31.4 Å². The molecule has 1 heterocycles. The number of aromatic hydroxyl groups is 1. The molecule has 10 nitrogen and oxygen atoms in total. The molecule has 0 radical (unpaired) electrons. The lowest BCUT2D eigenvalue weighted by Gasteiger charge is -2.40. The summed E-state index contributed by atoms with van der Waals surface area (Å²) in [6, 6.07) is 5.46. The fraction of sp³-hybridized carbons (Fsp3) is 0.500. The van der Waals surface area contributed by atoms with Crippen LogP contribution in [0.2, 0.25) is 0 Å². The van der Waals surface area contributed by atoms with Crippen LogP contribution in [0.3, 0.4) is 0 Å². The van der Waals surface area contributed by atoms with Gasteiger partial charge in [0.1, 0.15) is 11.6 Å². The molecular formula is C24H31FN4O6. The Hall–Kier alpha value is -3.47. The molecule has 0 bridgehead atoms. The molecule has 5 N–H and O–H groups in total. The molecule has 2 amide bonds. The number of aromatic amines is 1. The molecule has 2 aromatic rings. The van der Waals surface area contributed by atoms with Crippen molar-refractivity contribution in [2.75, 3.05) is 13.2 Å². The number of aliphatic hydroxyl groups is 1. The Morgan fingerprint density at radius 3 is 2.49 bits per heavy atom. The number of H-pyrrole nitrogens is 1. The van der Waals surface area contributed by atoms with Gasteiger partial charge in [0, 0.05) is 30.7 Å². The number of carbonyl (C=O) groups excluding carboxylic acids is 1. The molecular weight excluding hydrogens is 459 g/mol. The van der Waals surface area contributed by atoms with Crippen molar-refractivity contribution in [2.45, 2.75) is 57.5 Å². The highest BCUT2D eigenvalue weighted by molar-refractivity contribution is 5.94. The van der Waals surface area contributed by atoms with Crippen molar-refractivity contribution >= 4 is 12.0 Å². The summed E-state index contributed by atoms with van der Waals surface area (Å²) < 4.78 is 13.1. The van der Waals surface area contributed by atoms with Crippen LogP contribution in [0.5, 0.6) is 5.75 Å². The van der Waals surface area contributed by atoms with Gasteiger partial charge >= 0.3 is 6.09 Å². The molecule has 0 saturated heterocycles. The Morgan fingerprint density at radius 2 is 1.94 bits per heavy atom. The Bertz CT molecular complexity index is 1140. The summed E-state index contributed by atoms with van der Waals surface area (Å²) in [4.78, 5) is 45.6. The van der Waals surface area contributed by atoms with Crippen molar-refractivity contribution in [3.05, 3.63) is 57.5 Å². The van der Waals surface area contributed by atoms with Crippen LogP contribution in [-0.2, 0) is 12.0 Å². The number of aliphatic hydroxyl groups excluding tert-OH is 1. The highest BCUT2D eigenvalue weighted by Crippen LogP contribution is 2.44. The minimum atomic E-state index is -1.15. The van der Waals surface area contributed by atoms with Gasteiger partial charge in [-0.3, -0.25) is 9.59 Å². The zero-order valence-electron chi connectivity index (χ0n) is 20.0. The number of hydrogen-bond acceptors (Lipinski definition) is 6. The molecule has 1 aromatic carbocycles. The lowest BCUT2D eigenvalue weighted by Crippen LogP contribution is -2.52. The van der Waals surface area contributed by atoms with Crippen LogP contribution in [0, 0.1) is 11.7 Å². The van der Waals surface area contributed by atoms with E-state index in [2.05, 4.69) is 15.3 Å². The average molecular weight is 491 g/mol. The van der Waals surface area contributed by atoms with Gasteiger partial charge < -0.3 is 30.5 Å². The van der Waals surface area contributed by atoms with Gasteiger partial charge in [-0.05, 0) is 63.6 Å². The van der Waals surface area contributed by atoms with Crippen LogP contribution < -0.4 is 10.9 Å². The van der Waals surface area contributed by atoms with E-state index in [4.69, 9.17) is 0 Å². The molecule has 35 heavy (non-hydrogen) atoms. The fourth-order valence-electron chi connectivity index (χ4n) is 4.47. The first-order chi connectivity index (χ1) is 16.4. The smallest absolute Gasteiger partial charge is 0.407 e. The molecule has 190 valence electrons. The van der Waals surface area contributed by atoms with Gasteiger partial charge in [0.15, 0.2) is 5.69 Å². The topological polar surface area (TPSA) is 156 Å². The highest BCUT2D eigenvalue weighted by atomic mass is 19.1. The van der Waals surface area contributed by atoms with Gasteiger partial charge in [0.25, 0.3) is 11.5 Å². The van der Waals surface area contributed by atoms with E-state index in [0.29, 0.717) is 24.8 Å². The first kappa shape index (κ1) is 26.1. The molecule has 0 unspecified atom stereocenters. The number of carboxylic acid groups (broad SMARTS) is 1. The minimum Gasteiger partial charge on any atom is -0.501 e. The summed E-state index contributed by atoms with van der Waals surface area (Å²) in [7, 11) is 0. The first-order valence-corrected chi connectivity index (χ1v) is 11.3. The molecule has 0 spiro atoms. The Labute approximate surface area is 201 Å². The van der Waals surface area contributed by atoms with Gasteiger partial charge in [-0.15, -0.1) is 0 Å². The Morgan fingerprint density at radius 1 is 1.29 bits per heavy atom. The van der Waals surface area contributed by atoms with Gasteiger partial charge in [-0.1, -0.05) is 12.1 Å². The number of aromatic nitrogens is 2. The van der Waals surface area contributed by atoms with Gasteiger partial charge in [0.05, 0.1) is 0 Å². The quantitative estimate of drug-likeness (QED) is 0.399. The number of halogens is 1. The standard InChI is InChI=1S/C24H31FN4O6/c1-23(2,3)29(22(34)35)13-24(9-8-15(10-24)12-30)21-27-17(18(31)20(33)28-21)19(32)26-11-14-4-6-16(25)7-5-14/h4-7,15,30-31H,8-13H2,1-3H3,(H,26,32)(H,34,35)(H,27,28,33)/t15-,24+/m1/s1. The van der Waals surface area contributed by atoms with Crippen molar-refractivity contribution < 1.29 is 29.3 Å². The second-order valence-electron chi connectivity index (χ2n) is 10.0. The summed E-state index contributed by atoms with van der Waals surface area (Å²) in [6.07, 6.45) is 0.184. The van der Waals surface area contributed by atoms with E-state index in [1.54, 1.807) is 20.8 Å². The predicted octanol–water partition coefficient (Wildman–Crippen LogP) is 2.35. The number of nitrogens with one attached hydrogen (secondary N) is 2. The van der Waals surface area contributed by atoms with Crippen LogP contribution in [0.25, 0.3) is 0 Å². The monoisotopic (exact) mass is 490 g/mol. The molecule has 3 rings (SSSR count). The van der Waals surface area contributed by atoms with Crippen molar-refractivity contribution in [3.63, 3.8) is 0 Å². The highest BCUT2D eigenvalue weighted by Gasteiger charge is 2.47. The maximum absolute atomic E-state index is 13.1. The van der Waals surface area contributed by atoms with Crippen LogP contribution in [0.4, 0.5) is 9.18 Å². The van der Waals surface area contributed by atoms with E-state index >= 15 is 0 Å². The Balaban J connectivity index is 1.98. The van der Waals surface area contributed by atoms with Crippen LogP contribution in [0.15, 0.2) is 29.1 Å². The van der Waals surface area contributed by atoms with Gasteiger partial charge in [0.2, 0.25) is 5.75 Å². The summed E-state index contributed by atoms with van der Waals surface area (Å²) in [5, 5.41) is 32.4. The third-order valence-corrected chi connectivity index (χ3v) is 6.45. The molecule has 11 heteroatoms. The number of carbonyl (C=O) groups is 2. The molecule has 0 aliphatic heterocycles. The second kappa shape index (κ2) is 10.0. The van der Waals surface area contributed by atoms with Crippen LogP contribution in [-0.4, -0.2) is 60.9 Å². The Kier molecular flexibility index (Phi) is 7.49. The summed E-state index contributed by atoms with van der Waals surface area (Å²) >= 11 is 0. The first-order valence-electron chi connectivity index (χ1n) is 11.3. The molecule has 1 fully saturated rings.